The summed E-state index contributed by atoms with van der Waals surface area (Å²) in [5.41, 5.74) is 0. The molecule has 0 aromatic rings. The summed E-state index contributed by atoms with van der Waals surface area (Å²) in [6, 6.07) is 0.0961. The Kier molecular flexibility index (Phi) is 5.51. The Labute approximate surface area is 83.7 Å². The van der Waals surface area contributed by atoms with Gasteiger partial charge in [-0.2, -0.15) is 0 Å². The normalized spacial score (nSPS) is 21.9. The van der Waals surface area contributed by atoms with Crippen LogP contribution in [0.2, 0.25) is 0 Å². The quantitative estimate of drug-likeness (QED) is 0.484. The largest absolute Gasteiger partial charge is 0.463 e. The van der Waals surface area contributed by atoms with E-state index in [1.807, 2.05) is 0 Å². The van der Waals surface area contributed by atoms with Crippen molar-refractivity contribution >= 4 is 5.97 Å². The zero-order valence-electron chi connectivity index (χ0n) is 8.45. The van der Waals surface area contributed by atoms with Crippen LogP contribution >= 0.6 is 0 Å². The van der Waals surface area contributed by atoms with Crippen molar-refractivity contribution in [2.75, 3.05) is 40.1 Å². The molecular formula is C9H17NO4. The molecule has 1 atom stereocenters. The number of ether oxygens (including phenoxy) is 3. The lowest BCUT2D eigenvalue weighted by molar-refractivity contribution is -0.146. The summed E-state index contributed by atoms with van der Waals surface area (Å²) >= 11 is 0. The van der Waals surface area contributed by atoms with Gasteiger partial charge in [-0.25, -0.2) is 0 Å². The van der Waals surface area contributed by atoms with Gasteiger partial charge in [0.2, 0.25) is 0 Å². The predicted octanol–water partition coefficient (Wildman–Crippen LogP) is -0.445. The third-order valence-corrected chi connectivity index (χ3v) is 1.96. The van der Waals surface area contributed by atoms with E-state index in [0.717, 1.165) is 13.2 Å². The van der Waals surface area contributed by atoms with Crippen LogP contribution in [0.15, 0.2) is 0 Å². The molecule has 1 saturated heterocycles. The molecule has 1 rings (SSSR count). The van der Waals surface area contributed by atoms with E-state index in [2.05, 4.69) is 5.32 Å². The average molecular weight is 203 g/mol. The van der Waals surface area contributed by atoms with Crippen molar-refractivity contribution in [3.8, 4) is 0 Å². The Morgan fingerprint density at radius 3 is 3.07 bits per heavy atom. The van der Waals surface area contributed by atoms with Gasteiger partial charge in [-0.1, -0.05) is 0 Å². The molecule has 1 aliphatic heterocycles. The highest BCUT2D eigenvalue weighted by atomic mass is 16.6. The van der Waals surface area contributed by atoms with Crippen LogP contribution in [-0.4, -0.2) is 52.1 Å². The lowest BCUT2D eigenvalue weighted by atomic mass is 10.2. The molecule has 1 N–H and O–H groups in total. The Morgan fingerprint density at radius 2 is 2.43 bits per heavy atom. The van der Waals surface area contributed by atoms with E-state index in [1.54, 1.807) is 7.11 Å². The summed E-state index contributed by atoms with van der Waals surface area (Å²) in [7, 11) is 1.57. The minimum atomic E-state index is -0.204. The molecule has 1 aliphatic rings. The van der Waals surface area contributed by atoms with Crippen molar-refractivity contribution in [2.45, 2.75) is 12.5 Å². The third kappa shape index (κ3) is 4.55. The van der Waals surface area contributed by atoms with Crippen molar-refractivity contribution in [3.63, 3.8) is 0 Å². The maximum atomic E-state index is 11.2. The van der Waals surface area contributed by atoms with E-state index in [0.29, 0.717) is 26.2 Å². The molecule has 1 fully saturated rings. The van der Waals surface area contributed by atoms with Gasteiger partial charge < -0.3 is 19.5 Å². The smallest absolute Gasteiger partial charge is 0.307 e. The molecule has 0 aromatic heterocycles. The Balaban J connectivity index is 2.06. The van der Waals surface area contributed by atoms with Gasteiger partial charge in [-0.15, -0.1) is 0 Å². The number of morpholine rings is 1. The zero-order chi connectivity index (χ0) is 10.2. The number of carbonyl (C=O) groups is 1. The lowest BCUT2D eigenvalue weighted by Gasteiger charge is -2.22. The van der Waals surface area contributed by atoms with Gasteiger partial charge in [0.25, 0.3) is 0 Å². The molecule has 0 aliphatic carbocycles. The van der Waals surface area contributed by atoms with Crippen molar-refractivity contribution in [2.24, 2.45) is 0 Å². The number of hydrogen-bond donors (Lipinski definition) is 1. The average Bonchev–Trinajstić information content (AvgIpc) is 2.20. The van der Waals surface area contributed by atoms with Gasteiger partial charge in [-0.3, -0.25) is 4.79 Å². The number of methoxy groups -OCH3 is 1. The van der Waals surface area contributed by atoms with Crippen LogP contribution in [0.5, 0.6) is 0 Å². The summed E-state index contributed by atoms with van der Waals surface area (Å²) in [5, 5.41) is 3.18. The summed E-state index contributed by atoms with van der Waals surface area (Å²) in [6.45, 7) is 2.87. The molecule has 1 heterocycles. The van der Waals surface area contributed by atoms with Crippen LogP contribution in [0.25, 0.3) is 0 Å². The van der Waals surface area contributed by atoms with E-state index >= 15 is 0 Å². The topological polar surface area (TPSA) is 56.8 Å². The first kappa shape index (κ1) is 11.4. The van der Waals surface area contributed by atoms with Crippen molar-refractivity contribution in [1.29, 1.82) is 0 Å². The Bertz CT molecular complexity index is 168. The summed E-state index contributed by atoms with van der Waals surface area (Å²) in [6.07, 6.45) is 0.365. The second-order valence-electron chi connectivity index (χ2n) is 3.14. The molecule has 0 aromatic carbocycles. The summed E-state index contributed by atoms with van der Waals surface area (Å²) < 4.78 is 14.9. The molecule has 1 unspecified atom stereocenters. The van der Waals surface area contributed by atoms with Crippen LogP contribution in [0, 0.1) is 0 Å². The Morgan fingerprint density at radius 1 is 1.57 bits per heavy atom. The van der Waals surface area contributed by atoms with Crippen molar-refractivity contribution in [3.05, 3.63) is 0 Å². The molecule has 0 saturated carbocycles. The van der Waals surface area contributed by atoms with Gasteiger partial charge in [-0.05, 0) is 0 Å². The van der Waals surface area contributed by atoms with Gasteiger partial charge in [0, 0.05) is 19.7 Å². The number of nitrogens with one attached hydrogen (secondary N) is 1. The second kappa shape index (κ2) is 6.75. The van der Waals surface area contributed by atoms with Crippen LogP contribution in [0.3, 0.4) is 0 Å². The molecule has 0 spiro atoms. The highest BCUT2D eigenvalue weighted by Gasteiger charge is 2.17. The third-order valence-electron chi connectivity index (χ3n) is 1.96. The number of esters is 1. The van der Waals surface area contributed by atoms with Gasteiger partial charge in [0.1, 0.15) is 6.61 Å². The van der Waals surface area contributed by atoms with E-state index in [9.17, 15) is 4.79 Å². The first-order valence-electron chi connectivity index (χ1n) is 4.78. The fourth-order valence-corrected chi connectivity index (χ4v) is 1.25. The molecule has 5 nitrogen and oxygen atoms in total. The highest BCUT2D eigenvalue weighted by molar-refractivity contribution is 5.70. The van der Waals surface area contributed by atoms with Crippen LogP contribution in [0.1, 0.15) is 6.42 Å². The fourth-order valence-electron chi connectivity index (χ4n) is 1.25. The summed E-state index contributed by atoms with van der Waals surface area (Å²) in [4.78, 5) is 11.2. The molecular weight excluding hydrogens is 186 g/mol. The maximum absolute atomic E-state index is 11.2. The highest BCUT2D eigenvalue weighted by Crippen LogP contribution is 1.99. The van der Waals surface area contributed by atoms with Gasteiger partial charge in [0.15, 0.2) is 0 Å². The maximum Gasteiger partial charge on any atom is 0.307 e. The van der Waals surface area contributed by atoms with E-state index in [4.69, 9.17) is 14.2 Å². The number of hydrogen-bond acceptors (Lipinski definition) is 5. The second-order valence-corrected chi connectivity index (χ2v) is 3.14. The molecule has 0 radical (unpaired) electrons. The van der Waals surface area contributed by atoms with Crippen molar-refractivity contribution < 1.29 is 19.0 Å². The molecule has 0 amide bonds. The van der Waals surface area contributed by atoms with E-state index in [1.165, 1.54) is 0 Å². The monoisotopic (exact) mass is 203 g/mol. The van der Waals surface area contributed by atoms with Crippen LogP contribution < -0.4 is 5.32 Å². The molecule has 82 valence electrons. The lowest BCUT2D eigenvalue weighted by Crippen LogP contribution is -2.42. The summed E-state index contributed by atoms with van der Waals surface area (Å²) in [5.74, 6) is -0.204. The number of carbonyl (C=O) groups excluding carboxylic acids is 1. The standard InChI is InChI=1S/C9H17NO4/c1-12-4-5-14-9(11)6-8-7-13-3-2-10-8/h8,10H,2-7H2,1H3. The van der Waals surface area contributed by atoms with Gasteiger partial charge >= 0.3 is 5.97 Å². The first-order valence-corrected chi connectivity index (χ1v) is 4.78. The fraction of sp³-hybridized carbons (Fsp3) is 0.889. The zero-order valence-corrected chi connectivity index (χ0v) is 8.45. The van der Waals surface area contributed by atoms with Gasteiger partial charge in [0.05, 0.1) is 26.2 Å². The first-order chi connectivity index (χ1) is 6.83. The predicted molar refractivity (Wildman–Crippen MR) is 50.1 cm³/mol. The minimum Gasteiger partial charge on any atom is -0.463 e. The van der Waals surface area contributed by atoms with E-state index < -0.39 is 0 Å². The Hall–Kier alpha value is -0.650. The molecule has 14 heavy (non-hydrogen) atoms. The van der Waals surface area contributed by atoms with Crippen LogP contribution in [-0.2, 0) is 19.0 Å². The number of rotatable bonds is 5. The molecule has 0 bridgehead atoms. The van der Waals surface area contributed by atoms with Crippen molar-refractivity contribution in [1.82, 2.24) is 5.32 Å². The van der Waals surface area contributed by atoms with E-state index in [-0.39, 0.29) is 12.0 Å². The SMILES string of the molecule is COCCOC(=O)CC1COCCN1. The van der Waals surface area contributed by atoms with Crippen LogP contribution in [0.4, 0.5) is 0 Å². The minimum absolute atomic E-state index is 0.0961. The molecule has 5 heteroatoms.